The Morgan fingerprint density at radius 2 is 1.69 bits per heavy atom. The molecule has 22 heteroatoms. The number of hydrogen-bond donors (Lipinski definition) is 7. The van der Waals surface area contributed by atoms with E-state index in [4.69, 9.17) is 23.7 Å². The number of carbonyl (C=O) groups is 5. The molecule has 1 aromatic carbocycles. The van der Waals surface area contributed by atoms with Crippen molar-refractivity contribution in [2.45, 2.75) is 116 Å². The van der Waals surface area contributed by atoms with Crippen LogP contribution in [0.5, 0.6) is 5.75 Å². The fourth-order valence-corrected chi connectivity index (χ4v) is 8.24. The van der Waals surface area contributed by atoms with Gasteiger partial charge in [-0.25, -0.2) is 9.99 Å². The van der Waals surface area contributed by atoms with Crippen LogP contribution in [-0.2, 0) is 67.4 Å². The quantitative estimate of drug-likeness (QED) is 0.0288. The predicted molar refractivity (Wildman–Crippen MR) is 255 cm³/mol. The summed E-state index contributed by atoms with van der Waals surface area (Å²) in [4.78, 5) is 70.4. The second-order valence-electron chi connectivity index (χ2n) is 17.9. The van der Waals surface area contributed by atoms with Crippen molar-refractivity contribution < 1.29 is 67.7 Å². The van der Waals surface area contributed by atoms with Gasteiger partial charge in [-0.3, -0.25) is 34.1 Å². The van der Waals surface area contributed by atoms with Gasteiger partial charge in [-0.1, -0.05) is 26.8 Å². The number of aryl methyl sites for hydroxylation is 1. The molecular formula is C48H72N8O14. The van der Waals surface area contributed by atoms with Gasteiger partial charge in [0.1, 0.15) is 29.7 Å². The van der Waals surface area contributed by atoms with E-state index in [0.29, 0.717) is 64.0 Å². The number of rotatable bonds is 29. The van der Waals surface area contributed by atoms with Crippen molar-refractivity contribution in [3.05, 3.63) is 53.9 Å². The smallest absolute Gasteiger partial charge is 0.295 e. The molecule has 0 saturated carbocycles. The topological polar surface area (TPSA) is 274 Å². The first-order valence-electron chi connectivity index (χ1n) is 23.8. The van der Waals surface area contributed by atoms with Crippen LogP contribution in [0.15, 0.2) is 42.6 Å². The van der Waals surface area contributed by atoms with Crippen molar-refractivity contribution >= 4 is 46.7 Å². The fraction of sp³-hybridized carbons (Fsp3) is 0.625. The standard InChI is InChI=1S/C48H72N8O14/c1-30(2)41(37(58)24-31(3)46(64)52-36-10-9-32(28-65-6)25-38(36)69-48-44(63)42(61)43(62)47(70-48)68-29-57)53-39(59)14-20-66-22-23-67-21-16-50-34-11-17-55(18-12-34)40(60)13-19-56-35(27-54(5)49-4)26-33-8-7-15-51-45(33)56/h7-10,15,25-26,29-31,34,41-44,47-50,61-63H,11-14,16-24,27-28H2,1-6H3,(H,52,64)(H,53,59)/t31-,41+,42+,43+,44-,47+,48-/m1/s1. The van der Waals surface area contributed by atoms with Gasteiger partial charge in [0, 0.05) is 88.8 Å². The van der Waals surface area contributed by atoms with Crippen LogP contribution in [0.2, 0.25) is 0 Å². The minimum Gasteiger partial charge on any atom is -0.460 e. The summed E-state index contributed by atoms with van der Waals surface area (Å²) < 4.78 is 34.6. The van der Waals surface area contributed by atoms with Crippen LogP contribution < -0.4 is 26.1 Å². The molecule has 22 nitrogen and oxygen atoms in total. The lowest BCUT2D eigenvalue weighted by atomic mass is 9.92. The van der Waals surface area contributed by atoms with Gasteiger partial charge in [0.25, 0.3) is 6.47 Å². The molecule has 0 aliphatic carbocycles. The maximum Gasteiger partial charge on any atom is 0.295 e. The predicted octanol–water partition coefficient (Wildman–Crippen LogP) is 0.835. The molecule has 3 amide bonds. The highest BCUT2D eigenvalue weighted by molar-refractivity contribution is 5.98. The minimum atomic E-state index is -1.79. The number of carbonyl (C=O) groups excluding carboxylic acids is 5. The number of likely N-dealkylation sites (tertiary alicyclic amines) is 1. The molecular weight excluding hydrogens is 913 g/mol. The van der Waals surface area contributed by atoms with Gasteiger partial charge >= 0.3 is 0 Å². The normalized spacial score (nSPS) is 20.6. The van der Waals surface area contributed by atoms with Gasteiger partial charge in [0.15, 0.2) is 5.78 Å². The lowest BCUT2D eigenvalue weighted by Gasteiger charge is -2.39. The number of aliphatic hydroxyl groups excluding tert-OH is 3. The highest BCUT2D eigenvalue weighted by Crippen LogP contribution is 2.32. The Morgan fingerprint density at radius 1 is 0.957 bits per heavy atom. The number of pyridine rings is 1. The van der Waals surface area contributed by atoms with E-state index in [-0.39, 0.29) is 74.1 Å². The second-order valence-corrected chi connectivity index (χ2v) is 17.9. The van der Waals surface area contributed by atoms with Crippen molar-refractivity contribution in [3.63, 3.8) is 0 Å². The number of nitrogens with one attached hydrogen (secondary N) is 4. The van der Waals surface area contributed by atoms with Crippen LogP contribution in [0.1, 0.15) is 64.1 Å². The van der Waals surface area contributed by atoms with Gasteiger partial charge in [-0.15, -0.1) is 0 Å². The van der Waals surface area contributed by atoms with Crippen molar-refractivity contribution in [2.75, 3.05) is 72.6 Å². The third-order valence-corrected chi connectivity index (χ3v) is 12.3. The maximum absolute atomic E-state index is 13.5. The molecule has 0 radical (unpaired) electrons. The summed E-state index contributed by atoms with van der Waals surface area (Å²) in [7, 11) is 5.33. The van der Waals surface area contributed by atoms with E-state index in [1.165, 1.54) is 19.2 Å². The summed E-state index contributed by atoms with van der Waals surface area (Å²) in [6.45, 7) is 9.83. The first kappa shape index (κ1) is 55.8. The Hall–Kier alpha value is -5.14. The summed E-state index contributed by atoms with van der Waals surface area (Å²) in [5.41, 5.74) is 5.85. The summed E-state index contributed by atoms with van der Waals surface area (Å²) in [5.74, 6) is -2.26. The van der Waals surface area contributed by atoms with Crippen LogP contribution in [-0.4, -0.2) is 175 Å². The lowest BCUT2D eigenvalue weighted by molar-refractivity contribution is -0.321. The van der Waals surface area contributed by atoms with Crippen molar-refractivity contribution in [2.24, 2.45) is 11.8 Å². The van der Waals surface area contributed by atoms with E-state index in [9.17, 15) is 39.3 Å². The first-order valence-corrected chi connectivity index (χ1v) is 23.8. The van der Waals surface area contributed by atoms with Gasteiger partial charge in [-0.05, 0) is 61.7 Å². The summed E-state index contributed by atoms with van der Waals surface area (Å²) in [6.07, 6.45) is -4.87. The monoisotopic (exact) mass is 985 g/mol. The fourth-order valence-electron chi connectivity index (χ4n) is 8.24. The maximum atomic E-state index is 13.5. The Labute approximate surface area is 408 Å². The van der Waals surface area contributed by atoms with Crippen LogP contribution in [0.25, 0.3) is 11.0 Å². The number of ketones is 1. The molecule has 70 heavy (non-hydrogen) atoms. The summed E-state index contributed by atoms with van der Waals surface area (Å²) >= 11 is 0. The number of anilines is 1. The van der Waals surface area contributed by atoms with E-state index in [1.807, 2.05) is 36.1 Å². The van der Waals surface area contributed by atoms with Crippen molar-refractivity contribution in [3.8, 4) is 5.75 Å². The molecule has 7 N–H and O–H groups in total. The average Bonchev–Trinajstić information content (AvgIpc) is 3.69. The molecule has 2 aromatic heterocycles. The first-order chi connectivity index (χ1) is 33.6. The van der Waals surface area contributed by atoms with Gasteiger partial charge in [-0.2, -0.15) is 0 Å². The van der Waals surface area contributed by atoms with Crippen molar-refractivity contribution in [1.29, 1.82) is 0 Å². The third-order valence-electron chi connectivity index (χ3n) is 12.3. The van der Waals surface area contributed by atoms with E-state index >= 15 is 0 Å². The average molecular weight is 985 g/mol. The zero-order chi connectivity index (χ0) is 50.7. The molecule has 5 rings (SSSR count). The van der Waals surface area contributed by atoms with Gasteiger partial charge in [0.05, 0.1) is 51.3 Å². The largest absolute Gasteiger partial charge is 0.460 e. The highest BCUT2D eigenvalue weighted by Gasteiger charge is 2.46. The summed E-state index contributed by atoms with van der Waals surface area (Å²) in [5, 5.41) is 43.1. The van der Waals surface area contributed by atoms with Gasteiger partial charge < -0.3 is 64.4 Å². The molecule has 0 unspecified atom stereocenters. The number of hydrazine groups is 1. The van der Waals surface area contributed by atoms with Crippen LogP contribution in [0.4, 0.5) is 5.69 Å². The number of aromatic nitrogens is 2. The second kappa shape index (κ2) is 28.0. The van der Waals surface area contributed by atoms with E-state index < -0.39 is 48.8 Å². The zero-order valence-electron chi connectivity index (χ0n) is 41.0. The zero-order valence-corrected chi connectivity index (χ0v) is 41.0. The van der Waals surface area contributed by atoms with Crippen LogP contribution >= 0.6 is 0 Å². The molecule has 7 atom stereocenters. The number of benzene rings is 1. The number of amides is 3. The number of ether oxygens (including phenoxy) is 6. The molecule has 0 bridgehead atoms. The molecule has 388 valence electrons. The molecule has 2 saturated heterocycles. The van der Waals surface area contributed by atoms with Gasteiger partial charge in [0.2, 0.25) is 30.3 Å². The summed E-state index contributed by atoms with van der Waals surface area (Å²) in [6, 6.07) is 10.2. The Morgan fingerprint density at radius 3 is 2.39 bits per heavy atom. The molecule has 2 aliphatic heterocycles. The Balaban J connectivity index is 0.954. The van der Waals surface area contributed by atoms with Crippen LogP contribution in [0, 0.1) is 11.8 Å². The number of aliphatic hydroxyl groups is 3. The third kappa shape index (κ3) is 16.2. The number of hydrogen-bond acceptors (Lipinski definition) is 18. The lowest BCUT2D eigenvalue weighted by Crippen LogP contribution is -2.59. The highest BCUT2D eigenvalue weighted by atomic mass is 16.8. The van der Waals surface area contributed by atoms with Crippen LogP contribution in [0.3, 0.4) is 0 Å². The molecule has 2 aliphatic rings. The molecule has 2 fully saturated rings. The molecule has 3 aromatic rings. The minimum absolute atomic E-state index is 0.00801. The van der Waals surface area contributed by atoms with E-state index in [0.717, 1.165) is 29.6 Å². The Kier molecular flexibility index (Phi) is 22.3. The van der Waals surface area contributed by atoms with E-state index in [2.05, 4.69) is 41.7 Å². The molecule has 4 heterocycles. The number of Topliss-reactive ketones (excluding diaryl/α,β-unsaturated/α-hetero) is 1. The SMILES string of the molecule is CNN(C)Cc1cc2cccnc2n1CCC(=O)N1CCC(NCCOCCOCCC(=O)N[C@H](C(=O)C[C@@H](C)C(=O)Nc2ccc(COC)cc2O[C@@H]2O[C@H](OC=O)[C@@H](O)[C@H](O)[C@H]2O)C(C)C)CC1. The molecule has 0 spiro atoms. The Bertz CT molecular complexity index is 2150. The van der Waals surface area contributed by atoms with E-state index in [1.54, 1.807) is 33.0 Å². The number of nitrogens with zero attached hydrogens (tertiary/aromatic N) is 4. The van der Waals surface area contributed by atoms with Crippen molar-refractivity contribution in [1.82, 2.24) is 35.5 Å². The number of methoxy groups -OCH3 is 1. The number of fused-ring (bicyclic) bond motifs is 1. The number of piperidine rings is 1.